The molecule has 0 spiro atoms. The third kappa shape index (κ3) is 19.4. The molecule has 7 heavy (non-hydrogen) atoms. The van der Waals surface area contributed by atoms with Crippen LogP contribution in [-0.4, -0.2) is 50.7 Å². The van der Waals surface area contributed by atoms with Crippen LogP contribution in [0, 0.1) is 0 Å². The Hall–Kier alpha value is 1.02. The number of nitrogens with one attached hydrogen (secondary N) is 1. The molecule has 0 unspecified atom stereocenters. The van der Waals surface area contributed by atoms with Gasteiger partial charge in [0, 0.05) is 14.0 Å². The van der Waals surface area contributed by atoms with Gasteiger partial charge in [-0.1, -0.05) is 0 Å². The van der Waals surface area contributed by atoms with Crippen molar-refractivity contribution >= 4 is 43.6 Å². The van der Waals surface area contributed by atoms with Crippen LogP contribution in [0.25, 0.3) is 0 Å². The van der Waals surface area contributed by atoms with Crippen molar-refractivity contribution in [3.8, 4) is 0 Å². The van der Waals surface area contributed by atoms with Crippen molar-refractivity contribution in [3.05, 3.63) is 0 Å². The van der Waals surface area contributed by atoms with Crippen LogP contribution in [0.1, 0.15) is 6.92 Å². The Morgan fingerprint density at radius 3 is 1.71 bits per heavy atom. The second-order valence-electron chi connectivity index (χ2n) is 0.806. The molecule has 1 N–H and O–H groups in total. The topological polar surface area (TPSA) is 29.1 Å². The van der Waals surface area contributed by atoms with E-state index in [2.05, 4.69) is 5.32 Å². The summed E-state index contributed by atoms with van der Waals surface area (Å²) in [5, 5.41) is 2.39. The normalized spacial score (nSPS) is 4.86. The number of rotatable bonds is 0. The number of amides is 1. The summed E-state index contributed by atoms with van der Waals surface area (Å²) in [4.78, 5) is 9.70. The molecule has 0 rings (SSSR count). The van der Waals surface area contributed by atoms with Gasteiger partial charge in [-0.25, -0.2) is 0 Å². The average Bonchev–Trinajstić information content (AvgIpc) is 1.38. The predicted molar refractivity (Wildman–Crippen MR) is 25.5 cm³/mol. The summed E-state index contributed by atoms with van der Waals surface area (Å²) in [5.41, 5.74) is 0. The smallest absolute Gasteiger partial charge is 1.00 e. The van der Waals surface area contributed by atoms with Gasteiger partial charge >= 0.3 is 37.7 Å². The quantitative estimate of drug-likeness (QED) is 0.353. The molecule has 0 saturated heterocycles. The van der Waals surface area contributed by atoms with E-state index in [0.29, 0.717) is 0 Å². The van der Waals surface area contributed by atoms with Crippen molar-refractivity contribution in [2.75, 3.05) is 7.05 Å². The molecule has 4 heteroatoms. The minimum atomic E-state index is 0. The third-order valence-electron chi connectivity index (χ3n) is 0.352. The molecule has 0 aliphatic rings. The maximum absolute atomic E-state index is 9.70. The van der Waals surface area contributed by atoms with Gasteiger partial charge in [0.1, 0.15) is 0 Å². The fourth-order valence-electron chi connectivity index (χ4n) is 0. The molecule has 0 aliphatic carbocycles. The summed E-state index contributed by atoms with van der Waals surface area (Å²) >= 11 is 0. The minimum Gasteiger partial charge on any atom is -1.00 e. The Labute approximate surface area is 79.4 Å². The van der Waals surface area contributed by atoms with E-state index >= 15 is 0 Å². The monoisotopic (exact) mass is 148 g/mol. The van der Waals surface area contributed by atoms with Crippen molar-refractivity contribution < 1.29 is 17.2 Å². The molecule has 2 nitrogen and oxygen atoms in total. The van der Waals surface area contributed by atoms with Crippen LogP contribution >= 0.6 is 0 Å². The fourth-order valence-corrected chi connectivity index (χ4v) is 0. The van der Waals surface area contributed by atoms with E-state index in [1.54, 1.807) is 7.05 Å². The molecule has 0 bridgehead atoms. The van der Waals surface area contributed by atoms with Crippen LogP contribution < -0.4 is 17.7 Å². The molecule has 38 valence electrons. The molecule has 1 amide bonds. The summed E-state index contributed by atoms with van der Waals surface area (Å²) in [6, 6.07) is 0. The summed E-state index contributed by atoms with van der Waals surface area (Å²) in [6.07, 6.45) is 0. The largest absolute Gasteiger partial charge is 2.00 e. The summed E-state index contributed by atoms with van der Waals surface area (Å²) in [5.74, 6) is 0.00463. The molecule has 0 aromatic heterocycles. The first kappa shape index (κ1) is 15.7. The molecule has 0 heterocycles. The fraction of sp³-hybridized carbons (Fsp3) is 0.667. The van der Waals surface area contributed by atoms with Crippen molar-refractivity contribution in [1.82, 2.24) is 5.32 Å². The van der Waals surface area contributed by atoms with Gasteiger partial charge in [0.05, 0.1) is 0 Å². The van der Waals surface area contributed by atoms with E-state index < -0.39 is 0 Å². The third-order valence-corrected chi connectivity index (χ3v) is 0.352. The van der Waals surface area contributed by atoms with Gasteiger partial charge in [0.2, 0.25) is 5.91 Å². The van der Waals surface area contributed by atoms with Gasteiger partial charge in [-0.15, -0.1) is 0 Å². The van der Waals surface area contributed by atoms with Crippen molar-refractivity contribution in [3.63, 3.8) is 0 Å². The molecule has 0 saturated carbocycles. The maximum Gasteiger partial charge on any atom is 2.00 e. The summed E-state index contributed by atoms with van der Waals surface area (Å²) in [6.45, 7) is 1.47. The van der Waals surface area contributed by atoms with E-state index in [-0.39, 0.29) is 56.1 Å². The first-order valence-electron chi connectivity index (χ1n) is 1.45. The van der Waals surface area contributed by atoms with Crippen LogP contribution in [0.4, 0.5) is 0 Å². The minimum absolute atomic E-state index is 0. The maximum atomic E-state index is 9.70. The van der Waals surface area contributed by atoms with Gasteiger partial charge in [0.15, 0.2) is 0 Å². The Morgan fingerprint density at radius 2 is 1.71 bits per heavy atom. The van der Waals surface area contributed by atoms with E-state index in [0.717, 1.165) is 0 Å². The number of hydrogen-bond acceptors (Lipinski definition) is 1. The standard InChI is InChI=1S/C3H7NO.Ca.ClH/c1-3(5)4-2;;/h1-2H3,(H,4,5);;1H/q;+2;/p-1. The number of halogens is 1. The number of carbonyl (C=O) groups is 1. The zero-order valence-corrected chi connectivity index (χ0v) is 7.46. The molecule has 0 aromatic rings. The second kappa shape index (κ2) is 10.1. The molecule has 0 aromatic carbocycles. The van der Waals surface area contributed by atoms with Crippen molar-refractivity contribution in [2.45, 2.75) is 6.92 Å². The van der Waals surface area contributed by atoms with E-state index in [1.807, 2.05) is 0 Å². The summed E-state index contributed by atoms with van der Waals surface area (Å²) < 4.78 is 0. The van der Waals surface area contributed by atoms with Crippen LogP contribution in [-0.2, 0) is 4.79 Å². The first-order valence-corrected chi connectivity index (χ1v) is 1.45. The zero-order chi connectivity index (χ0) is 4.28. The number of carbonyl (C=O) groups excluding carboxylic acids is 1. The molecule has 0 fully saturated rings. The second-order valence-corrected chi connectivity index (χ2v) is 0.806. The molecule has 0 aliphatic heterocycles. The van der Waals surface area contributed by atoms with Crippen LogP contribution in [0.5, 0.6) is 0 Å². The predicted octanol–water partition coefficient (Wildman–Crippen LogP) is -3.62. The molecule has 0 atom stereocenters. The molecule has 0 radical (unpaired) electrons. The SMILES string of the molecule is CNC(C)=O.[Ca+2].[Cl-]. The Morgan fingerprint density at radius 1 is 1.57 bits per heavy atom. The summed E-state index contributed by atoms with van der Waals surface area (Å²) in [7, 11) is 1.60. The molecular formula is C3H7CaClNO+. The van der Waals surface area contributed by atoms with Crippen LogP contribution in [0.15, 0.2) is 0 Å². The van der Waals surface area contributed by atoms with Gasteiger partial charge < -0.3 is 17.7 Å². The van der Waals surface area contributed by atoms with Gasteiger partial charge in [-0.3, -0.25) is 4.79 Å². The van der Waals surface area contributed by atoms with Crippen molar-refractivity contribution in [1.29, 1.82) is 0 Å². The van der Waals surface area contributed by atoms with Gasteiger partial charge in [0.25, 0.3) is 0 Å². The van der Waals surface area contributed by atoms with E-state index in [1.165, 1.54) is 6.92 Å². The average molecular weight is 149 g/mol. The molecular weight excluding hydrogens is 142 g/mol. The number of hydrogen-bond donors (Lipinski definition) is 1. The van der Waals surface area contributed by atoms with E-state index in [9.17, 15) is 4.79 Å². The van der Waals surface area contributed by atoms with Gasteiger partial charge in [-0.2, -0.15) is 0 Å². The van der Waals surface area contributed by atoms with Gasteiger partial charge in [-0.05, 0) is 0 Å². The first-order chi connectivity index (χ1) is 2.27. The Bertz CT molecular complexity index is 50.2. The van der Waals surface area contributed by atoms with E-state index in [4.69, 9.17) is 0 Å². The van der Waals surface area contributed by atoms with Crippen molar-refractivity contribution in [2.24, 2.45) is 0 Å². The Kier molecular flexibility index (Phi) is 22.6. The Balaban J connectivity index is -0.0000000800. The van der Waals surface area contributed by atoms with Crippen LogP contribution in [0.2, 0.25) is 0 Å². The van der Waals surface area contributed by atoms with Crippen LogP contribution in [0.3, 0.4) is 0 Å². The zero-order valence-electron chi connectivity index (χ0n) is 4.49.